The maximum absolute atomic E-state index is 14.2. The molecule has 7 rings (SSSR count). The Kier molecular flexibility index (Phi) is 7.54. The molecule has 12 heteroatoms. The molecule has 3 aromatic heterocycles. The molecule has 1 unspecified atom stereocenters. The normalized spacial score (nSPS) is 17.9. The van der Waals surface area contributed by atoms with Crippen LogP contribution in [0.1, 0.15) is 42.3 Å². The molecule has 2 aliphatic heterocycles. The minimum atomic E-state index is -0.382. The van der Waals surface area contributed by atoms with Crippen LogP contribution in [0.15, 0.2) is 54.6 Å². The molecule has 0 aliphatic carbocycles. The van der Waals surface area contributed by atoms with Crippen molar-refractivity contribution in [2.45, 2.75) is 51.0 Å². The highest BCUT2D eigenvalue weighted by Crippen LogP contribution is 2.30. The van der Waals surface area contributed by atoms with Gasteiger partial charge in [0.15, 0.2) is 0 Å². The van der Waals surface area contributed by atoms with Crippen molar-refractivity contribution in [2.24, 2.45) is 0 Å². The van der Waals surface area contributed by atoms with E-state index in [-0.39, 0.29) is 18.5 Å². The molecule has 2 saturated heterocycles. The van der Waals surface area contributed by atoms with Crippen molar-refractivity contribution in [3.05, 3.63) is 82.5 Å². The number of hydrogen-bond donors (Lipinski definition) is 1. The summed E-state index contributed by atoms with van der Waals surface area (Å²) in [5.74, 6) is 2.03. The lowest BCUT2D eigenvalue weighted by Crippen LogP contribution is -2.35. The van der Waals surface area contributed by atoms with Crippen LogP contribution in [0, 0.1) is 5.82 Å². The van der Waals surface area contributed by atoms with Crippen molar-refractivity contribution in [1.82, 2.24) is 40.1 Å². The van der Waals surface area contributed by atoms with E-state index < -0.39 is 0 Å². The zero-order valence-corrected chi connectivity index (χ0v) is 23.7. The summed E-state index contributed by atoms with van der Waals surface area (Å²) >= 11 is 5.86. The lowest BCUT2D eigenvalue weighted by molar-refractivity contribution is -0.0592. The molecule has 0 amide bonds. The number of rotatable bonds is 9. The molecule has 0 bridgehead atoms. The average molecular weight is 589 g/mol. The Morgan fingerprint density at radius 3 is 2.69 bits per heavy atom. The van der Waals surface area contributed by atoms with Crippen LogP contribution in [0.3, 0.4) is 0 Å². The smallest absolute Gasteiger partial charge is 0.213 e. The summed E-state index contributed by atoms with van der Waals surface area (Å²) in [6.07, 6.45) is 3.25. The van der Waals surface area contributed by atoms with E-state index in [4.69, 9.17) is 31.0 Å². The highest BCUT2D eigenvalue weighted by molar-refractivity contribution is 6.30. The Morgan fingerprint density at radius 1 is 1.05 bits per heavy atom. The summed E-state index contributed by atoms with van der Waals surface area (Å²) in [4.78, 5) is 12.3. The van der Waals surface area contributed by atoms with Gasteiger partial charge in [0.05, 0.1) is 30.2 Å². The number of aromatic amines is 1. The number of hydrogen-bond acceptors (Lipinski definition) is 8. The van der Waals surface area contributed by atoms with Gasteiger partial charge in [0.2, 0.25) is 11.7 Å². The van der Waals surface area contributed by atoms with E-state index in [0.717, 1.165) is 80.2 Å². The van der Waals surface area contributed by atoms with E-state index in [2.05, 4.69) is 42.2 Å². The monoisotopic (exact) mass is 588 g/mol. The number of ether oxygens (including phenoxy) is 2. The van der Waals surface area contributed by atoms with Crippen LogP contribution in [0.4, 0.5) is 4.39 Å². The predicted molar refractivity (Wildman–Crippen MR) is 154 cm³/mol. The molecule has 1 atom stereocenters. The lowest BCUT2D eigenvalue weighted by Gasteiger charge is -2.32. The van der Waals surface area contributed by atoms with Crippen molar-refractivity contribution in [3.63, 3.8) is 0 Å². The summed E-state index contributed by atoms with van der Waals surface area (Å²) < 4.78 is 28.0. The second-order valence-electron chi connectivity index (χ2n) is 10.8. The van der Waals surface area contributed by atoms with Crippen LogP contribution in [0.2, 0.25) is 5.02 Å². The number of pyridine rings is 1. The van der Waals surface area contributed by atoms with Gasteiger partial charge in [-0.3, -0.25) is 4.90 Å². The van der Waals surface area contributed by atoms with Crippen molar-refractivity contribution in [3.8, 4) is 17.3 Å². The van der Waals surface area contributed by atoms with Crippen molar-refractivity contribution in [2.75, 3.05) is 19.7 Å². The predicted octanol–water partition coefficient (Wildman–Crippen LogP) is 5.15. The van der Waals surface area contributed by atoms with E-state index >= 15 is 0 Å². The Labute approximate surface area is 246 Å². The summed E-state index contributed by atoms with van der Waals surface area (Å²) in [5.41, 5.74) is 4.33. The van der Waals surface area contributed by atoms with Gasteiger partial charge < -0.3 is 14.0 Å². The Morgan fingerprint density at radius 2 is 1.93 bits per heavy atom. The van der Waals surface area contributed by atoms with Crippen LogP contribution in [-0.2, 0) is 24.4 Å². The summed E-state index contributed by atoms with van der Waals surface area (Å²) in [6.45, 7) is 4.34. The Hall–Kier alpha value is -3.93. The van der Waals surface area contributed by atoms with Gasteiger partial charge in [-0.2, -0.15) is 5.21 Å². The first kappa shape index (κ1) is 26.9. The van der Waals surface area contributed by atoms with Crippen LogP contribution in [0.25, 0.3) is 22.4 Å². The molecule has 10 nitrogen and oxygen atoms in total. The number of likely N-dealkylation sites (tertiary alicyclic amines) is 1. The van der Waals surface area contributed by atoms with Gasteiger partial charge in [0.1, 0.15) is 18.2 Å². The van der Waals surface area contributed by atoms with Crippen LogP contribution in [-0.4, -0.2) is 65.9 Å². The number of tetrazole rings is 1. The van der Waals surface area contributed by atoms with E-state index in [9.17, 15) is 4.39 Å². The van der Waals surface area contributed by atoms with Gasteiger partial charge in [-0.25, -0.2) is 14.4 Å². The van der Waals surface area contributed by atoms with E-state index in [0.29, 0.717) is 28.2 Å². The van der Waals surface area contributed by atoms with Gasteiger partial charge in [0.25, 0.3) is 0 Å². The fraction of sp³-hybridized carbons (Fsp3) is 0.367. The van der Waals surface area contributed by atoms with Gasteiger partial charge >= 0.3 is 0 Å². The molecule has 2 aromatic carbocycles. The zero-order valence-electron chi connectivity index (χ0n) is 22.9. The Bertz CT molecular complexity index is 1680. The van der Waals surface area contributed by atoms with Gasteiger partial charge in [-0.15, -0.1) is 10.2 Å². The Balaban J connectivity index is 1.02. The lowest BCUT2D eigenvalue weighted by atomic mass is 9.93. The zero-order chi connectivity index (χ0) is 28.5. The number of nitrogens with one attached hydrogen (secondary N) is 1. The standard InChI is InChI=1S/C30H30ClFN8O2/c31-22-6-4-21(24(32)15-22)18-42-29-3-1-2-25(34-29)19-8-11-39(12-9-19)17-28-33-26-14-20(30-35-37-38-36-30)5-7-27(26)40(28)16-23-10-13-41-23/h1-7,14-15,19,23H,8-13,16-18H2,(H,35,36,37,38). The molecule has 0 spiro atoms. The third kappa shape index (κ3) is 5.72. The number of halogens is 2. The van der Waals surface area contributed by atoms with Gasteiger partial charge in [-0.05, 0) is 74.0 Å². The maximum Gasteiger partial charge on any atom is 0.213 e. The number of aromatic nitrogens is 7. The quantitative estimate of drug-likeness (QED) is 0.252. The van der Waals surface area contributed by atoms with E-state index in [1.54, 1.807) is 12.1 Å². The molecule has 0 radical (unpaired) electrons. The molecule has 2 fully saturated rings. The molecule has 216 valence electrons. The fourth-order valence-corrected chi connectivity index (χ4v) is 5.83. The number of imidazole rings is 1. The fourth-order valence-electron chi connectivity index (χ4n) is 5.68. The molecule has 2 aliphatic rings. The van der Waals surface area contributed by atoms with Crippen molar-refractivity contribution in [1.29, 1.82) is 0 Å². The second kappa shape index (κ2) is 11.7. The highest BCUT2D eigenvalue weighted by atomic mass is 35.5. The maximum atomic E-state index is 14.2. The topological polar surface area (TPSA) is 107 Å². The van der Waals surface area contributed by atoms with Crippen LogP contribution >= 0.6 is 11.6 Å². The minimum Gasteiger partial charge on any atom is -0.473 e. The highest BCUT2D eigenvalue weighted by Gasteiger charge is 2.26. The molecule has 0 saturated carbocycles. The molecule has 1 N–H and O–H groups in total. The van der Waals surface area contributed by atoms with E-state index in [1.165, 1.54) is 6.07 Å². The average Bonchev–Trinajstić information content (AvgIpc) is 3.63. The molecular weight excluding hydrogens is 559 g/mol. The molecular formula is C30H30ClFN8O2. The van der Waals surface area contributed by atoms with Gasteiger partial charge in [-0.1, -0.05) is 23.7 Å². The number of fused-ring (bicyclic) bond motifs is 1. The number of benzene rings is 2. The largest absolute Gasteiger partial charge is 0.473 e. The first-order valence-corrected chi connectivity index (χ1v) is 14.6. The molecule has 5 heterocycles. The summed E-state index contributed by atoms with van der Waals surface area (Å²) in [5, 5.41) is 14.8. The molecule has 42 heavy (non-hydrogen) atoms. The minimum absolute atomic E-state index is 0.0986. The van der Waals surface area contributed by atoms with Crippen LogP contribution in [0.5, 0.6) is 5.88 Å². The molecule has 5 aromatic rings. The number of H-pyrrole nitrogens is 1. The SMILES string of the molecule is Fc1cc(Cl)ccc1COc1cccc(C2CCN(Cc3nc4cc(-c5nn[nH]n5)ccc4n3CC3CCO3)CC2)n1. The van der Waals surface area contributed by atoms with Crippen LogP contribution < -0.4 is 4.74 Å². The van der Waals surface area contributed by atoms with Crippen molar-refractivity contribution >= 4 is 22.6 Å². The first-order chi connectivity index (χ1) is 20.6. The third-order valence-electron chi connectivity index (χ3n) is 8.12. The van der Waals surface area contributed by atoms with Crippen molar-refractivity contribution < 1.29 is 13.9 Å². The second-order valence-corrected chi connectivity index (χ2v) is 11.3. The summed E-state index contributed by atoms with van der Waals surface area (Å²) in [7, 11) is 0. The summed E-state index contributed by atoms with van der Waals surface area (Å²) in [6, 6.07) is 16.5. The third-order valence-corrected chi connectivity index (χ3v) is 8.35. The van der Waals surface area contributed by atoms with E-state index in [1.807, 2.05) is 24.3 Å². The number of piperidine rings is 1. The number of nitrogens with zero attached hydrogens (tertiary/aromatic N) is 7. The van der Waals surface area contributed by atoms with Gasteiger partial charge in [0, 0.05) is 40.4 Å². The first-order valence-electron chi connectivity index (χ1n) is 14.2.